The molecule has 4 rings (SSSR count). The molecule has 2 aliphatic rings. The van der Waals surface area contributed by atoms with E-state index in [1.54, 1.807) is 11.3 Å². The Balaban J connectivity index is 1.55. The lowest BCUT2D eigenvalue weighted by Gasteiger charge is -2.43. The van der Waals surface area contributed by atoms with Crippen molar-refractivity contribution in [3.63, 3.8) is 0 Å². The highest BCUT2D eigenvalue weighted by Crippen LogP contribution is 2.31. The molecule has 0 unspecified atom stereocenters. The third kappa shape index (κ3) is 4.42. The molecule has 0 bridgehead atoms. The number of piperidine rings is 1. The molecule has 4 heterocycles. The van der Waals surface area contributed by atoms with E-state index >= 15 is 0 Å². The molecule has 0 aliphatic carbocycles. The van der Waals surface area contributed by atoms with Gasteiger partial charge >= 0.3 is 0 Å². The quantitative estimate of drug-likeness (QED) is 0.790. The fourth-order valence-electron chi connectivity index (χ4n) is 4.22. The maximum atomic E-state index is 13.1. The molecule has 146 valence electrons. The van der Waals surface area contributed by atoms with Gasteiger partial charge in [0.1, 0.15) is 0 Å². The van der Waals surface area contributed by atoms with Gasteiger partial charge in [-0.25, -0.2) is 0 Å². The summed E-state index contributed by atoms with van der Waals surface area (Å²) < 4.78 is 8.01. The first-order valence-electron chi connectivity index (χ1n) is 9.84. The molecule has 0 N–H and O–H groups in total. The van der Waals surface area contributed by atoms with E-state index in [1.165, 1.54) is 19.3 Å². The van der Waals surface area contributed by atoms with E-state index in [4.69, 9.17) is 4.74 Å². The number of carbonyl (C=O) groups is 1. The number of aromatic nitrogens is 2. The topological polar surface area (TPSA) is 50.6 Å². The number of likely N-dealkylation sites (tertiary alicyclic amines) is 1. The molecule has 2 aromatic rings. The van der Waals surface area contributed by atoms with Crippen LogP contribution in [0, 0.1) is 0 Å². The van der Waals surface area contributed by atoms with Crippen LogP contribution in [-0.2, 0) is 23.0 Å². The van der Waals surface area contributed by atoms with Crippen molar-refractivity contribution in [3.05, 3.63) is 40.3 Å². The summed E-state index contributed by atoms with van der Waals surface area (Å²) in [5.74, 6) is 0.175. The molecule has 7 heteroatoms. The van der Waals surface area contributed by atoms with Gasteiger partial charge in [-0.2, -0.15) is 16.4 Å². The Labute approximate surface area is 164 Å². The molecule has 0 radical (unpaired) electrons. The third-order valence-electron chi connectivity index (χ3n) is 5.56. The van der Waals surface area contributed by atoms with Crippen molar-refractivity contribution in [1.29, 1.82) is 0 Å². The molecule has 2 atom stereocenters. The first kappa shape index (κ1) is 18.7. The SMILES string of the molecule is Cn1cc([C@H]2[C@H](CN3CCCCC3)OCCN2C(=O)Cc2ccsc2)cn1. The van der Waals surface area contributed by atoms with Crippen molar-refractivity contribution in [2.45, 2.75) is 37.8 Å². The van der Waals surface area contributed by atoms with Crippen molar-refractivity contribution in [2.75, 3.05) is 32.8 Å². The molecule has 0 aromatic carbocycles. The summed E-state index contributed by atoms with van der Waals surface area (Å²) in [7, 11) is 1.92. The number of thiophene rings is 1. The summed E-state index contributed by atoms with van der Waals surface area (Å²) in [6, 6.07) is 1.97. The van der Waals surface area contributed by atoms with Crippen molar-refractivity contribution in [3.8, 4) is 0 Å². The van der Waals surface area contributed by atoms with E-state index in [1.807, 2.05) is 40.5 Å². The van der Waals surface area contributed by atoms with Crippen LogP contribution in [0.15, 0.2) is 29.2 Å². The van der Waals surface area contributed by atoms with Gasteiger partial charge in [0.2, 0.25) is 5.91 Å². The van der Waals surface area contributed by atoms with Crippen LogP contribution in [0.2, 0.25) is 0 Å². The molecule has 2 saturated heterocycles. The van der Waals surface area contributed by atoms with Crippen LogP contribution in [-0.4, -0.2) is 64.4 Å². The third-order valence-corrected chi connectivity index (χ3v) is 6.29. The summed E-state index contributed by atoms with van der Waals surface area (Å²) in [5, 5.41) is 8.44. The molecular weight excluding hydrogens is 360 g/mol. The molecule has 0 saturated carbocycles. The Kier molecular flexibility index (Phi) is 5.90. The fraction of sp³-hybridized carbons (Fsp3) is 0.600. The first-order chi connectivity index (χ1) is 13.2. The van der Waals surface area contributed by atoms with Crippen molar-refractivity contribution in [2.24, 2.45) is 7.05 Å². The summed E-state index contributed by atoms with van der Waals surface area (Å²) in [6.45, 7) is 4.37. The lowest BCUT2D eigenvalue weighted by Crippen LogP contribution is -2.52. The van der Waals surface area contributed by atoms with Crippen molar-refractivity contribution < 1.29 is 9.53 Å². The Morgan fingerprint density at radius 2 is 2.15 bits per heavy atom. The number of carbonyl (C=O) groups excluding carboxylic acids is 1. The van der Waals surface area contributed by atoms with Crippen LogP contribution in [0.4, 0.5) is 0 Å². The van der Waals surface area contributed by atoms with E-state index in [2.05, 4.69) is 15.4 Å². The number of hydrogen-bond donors (Lipinski definition) is 0. The lowest BCUT2D eigenvalue weighted by atomic mass is 9.98. The Bertz CT molecular complexity index is 739. The summed E-state index contributed by atoms with van der Waals surface area (Å²) in [5.41, 5.74) is 2.16. The van der Waals surface area contributed by atoms with E-state index in [9.17, 15) is 4.79 Å². The molecule has 27 heavy (non-hydrogen) atoms. The summed E-state index contributed by atoms with van der Waals surface area (Å²) in [6.07, 6.45) is 8.18. The average molecular weight is 389 g/mol. The molecule has 2 aromatic heterocycles. The molecule has 2 fully saturated rings. The van der Waals surface area contributed by atoms with Crippen LogP contribution < -0.4 is 0 Å². The highest BCUT2D eigenvalue weighted by molar-refractivity contribution is 7.08. The zero-order chi connectivity index (χ0) is 18.6. The Hall–Kier alpha value is -1.70. The van der Waals surface area contributed by atoms with E-state index in [0.29, 0.717) is 19.6 Å². The zero-order valence-corrected chi connectivity index (χ0v) is 16.7. The number of nitrogens with zero attached hydrogens (tertiary/aromatic N) is 4. The second-order valence-corrected chi connectivity index (χ2v) is 8.34. The number of aryl methyl sites for hydroxylation is 1. The highest BCUT2D eigenvalue weighted by atomic mass is 32.1. The average Bonchev–Trinajstić information content (AvgIpc) is 3.34. The van der Waals surface area contributed by atoms with E-state index in [-0.39, 0.29) is 18.1 Å². The minimum atomic E-state index is -0.0690. The van der Waals surface area contributed by atoms with Crippen LogP contribution in [0.1, 0.15) is 36.4 Å². The van der Waals surface area contributed by atoms with Crippen molar-refractivity contribution >= 4 is 17.2 Å². The molecule has 6 nitrogen and oxygen atoms in total. The minimum absolute atomic E-state index is 0.00697. The number of ether oxygens (including phenoxy) is 1. The molecule has 1 amide bonds. The minimum Gasteiger partial charge on any atom is -0.373 e. The zero-order valence-electron chi connectivity index (χ0n) is 15.9. The normalized spacial score (nSPS) is 24.3. The maximum absolute atomic E-state index is 13.1. The van der Waals surface area contributed by atoms with Gasteiger partial charge in [-0.1, -0.05) is 6.42 Å². The van der Waals surface area contributed by atoms with Gasteiger partial charge in [0.15, 0.2) is 0 Å². The number of hydrogen-bond acceptors (Lipinski definition) is 5. The number of amides is 1. The van der Waals surface area contributed by atoms with Gasteiger partial charge in [-0.3, -0.25) is 9.48 Å². The smallest absolute Gasteiger partial charge is 0.227 e. The molecule has 0 spiro atoms. The van der Waals surface area contributed by atoms with Crippen LogP contribution in [0.5, 0.6) is 0 Å². The van der Waals surface area contributed by atoms with Crippen LogP contribution in [0.3, 0.4) is 0 Å². The molecular formula is C20H28N4O2S. The van der Waals surface area contributed by atoms with Gasteiger partial charge in [-0.15, -0.1) is 0 Å². The predicted octanol–water partition coefficient (Wildman–Crippen LogP) is 2.48. The van der Waals surface area contributed by atoms with Gasteiger partial charge in [0.25, 0.3) is 0 Å². The predicted molar refractivity (Wildman–Crippen MR) is 106 cm³/mol. The second kappa shape index (κ2) is 8.54. The van der Waals surface area contributed by atoms with E-state index in [0.717, 1.165) is 30.8 Å². The van der Waals surface area contributed by atoms with Crippen LogP contribution >= 0.6 is 11.3 Å². The summed E-state index contributed by atoms with van der Waals surface area (Å²) >= 11 is 1.64. The first-order valence-corrected chi connectivity index (χ1v) is 10.8. The Morgan fingerprint density at radius 3 is 2.85 bits per heavy atom. The summed E-state index contributed by atoms with van der Waals surface area (Å²) in [4.78, 5) is 17.6. The number of morpholine rings is 1. The Morgan fingerprint density at radius 1 is 1.30 bits per heavy atom. The second-order valence-electron chi connectivity index (χ2n) is 7.56. The fourth-order valence-corrected chi connectivity index (χ4v) is 4.89. The van der Waals surface area contributed by atoms with Crippen molar-refractivity contribution in [1.82, 2.24) is 19.6 Å². The van der Waals surface area contributed by atoms with Crippen LogP contribution in [0.25, 0.3) is 0 Å². The van der Waals surface area contributed by atoms with Gasteiger partial charge in [0, 0.05) is 31.9 Å². The largest absolute Gasteiger partial charge is 0.373 e. The lowest BCUT2D eigenvalue weighted by molar-refractivity contribution is -0.148. The van der Waals surface area contributed by atoms with Gasteiger partial charge in [-0.05, 0) is 48.3 Å². The van der Waals surface area contributed by atoms with Gasteiger partial charge in [0.05, 0.1) is 31.4 Å². The number of rotatable bonds is 5. The monoisotopic (exact) mass is 388 g/mol. The molecule has 2 aliphatic heterocycles. The van der Waals surface area contributed by atoms with E-state index < -0.39 is 0 Å². The highest BCUT2D eigenvalue weighted by Gasteiger charge is 2.38. The standard InChI is InChI=1S/C20H28N4O2S/c1-22-13-17(12-21-22)20-18(14-23-6-3-2-4-7-23)26-9-8-24(20)19(25)11-16-5-10-27-15-16/h5,10,12-13,15,18,20H,2-4,6-9,11,14H2,1H3/t18-,20-/m0/s1. The maximum Gasteiger partial charge on any atom is 0.227 e. The van der Waals surface area contributed by atoms with Gasteiger partial charge < -0.3 is 14.5 Å².